The molecule has 1 aliphatic heterocycles. The lowest BCUT2D eigenvalue weighted by atomic mass is 9.96. The number of carbonyl (C=O) groups excluding carboxylic acids is 2. The molecule has 2 aromatic heterocycles. The number of pyridine rings is 1. The van der Waals surface area contributed by atoms with E-state index in [2.05, 4.69) is 10.3 Å². The number of hydrogen-bond acceptors (Lipinski definition) is 3. The number of alkyl halides is 3. The van der Waals surface area contributed by atoms with Crippen LogP contribution in [0.5, 0.6) is 0 Å². The van der Waals surface area contributed by atoms with Crippen molar-refractivity contribution in [1.29, 1.82) is 0 Å². The van der Waals surface area contributed by atoms with Crippen molar-refractivity contribution >= 4 is 17.5 Å². The first-order chi connectivity index (χ1) is 11.8. The van der Waals surface area contributed by atoms with E-state index in [1.165, 1.54) is 25.4 Å². The van der Waals surface area contributed by atoms with Crippen molar-refractivity contribution in [3.05, 3.63) is 36.3 Å². The maximum Gasteiger partial charge on any atom is 0.408 e. The summed E-state index contributed by atoms with van der Waals surface area (Å²) in [6, 6.07) is 0.686. The van der Waals surface area contributed by atoms with E-state index < -0.39 is 24.2 Å². The number of rotatable bonds is 2. The van der Waals surface area contributed by atoms with Crippen LogP contribution in [-0.4, -0.2) is 50.9 Å². The van der Waals surface area contributed by atoms with Crippen LogP contribution in [-0.2, 0) is 4.79 Å². The first-order valence-corrected chi connectivity index (χ1v) is 7.83. The fraction of sp³-hybridized carbons (Fsp3) is 0.438. The molecule has 0 aliphatic carbocycles. The molecule has 9 heteroatoms. The third-order valence-corrected chi connectivity index (χ3v) is 4.26. The van der Waals surface area contributed by atoms with Gasteiger partial charge >= 0.3 is 6.18 Å². The van der Waals surface area contributed by atoms with Crippen molar-refractivity contribution in [3.8, 4) is 0 Å². The molecule has 25 heavy (non-hydrogen) atoms. The number of amides is 2. The molecule has 2 atom stereocenters. The predicted molar refractivity (Wildman–Crippen MR) is 82.9 cm³/mol. The largest absolute Gasteiger partial charge is 0.408 e. The molecule has 0 saturated carbocycles. The average molecular weight is 354 g/mol. The highest BCUT2D eigenvalue weighted by Gasteiger charge is 2.48. The summed E-state index contributed by atoms with van der Waals surface area (Å²) in [5, 5.41) is 2.60. The number of hydrogen-bond donors (Lipinski definition) is 1. The number of nitrogens with zero attached hydrogens (tertiary/aromatic N) is 3. The van der Waals surface area contributed by atoms with E-state index >= 15 is 0 Å². The summed E-state index contributed by atoms with van der Waals surface area (Å²) in [6.45, 7) is 1.12. The van der Waals surface area contributed by atoms with Crippen molar-refractivity contribution in [3.63, 3.8) is 0 Å². The minimum Gasteiger partial charge on any atom is -0.352 e. The van der Waals surface area contributed by atoms with E-state index in [1.54, 1.807) is 16.7 Å². The average Bonchev–Trinajstić information content (AvgIpc) is 3.00. The lowest BCUT2D eigenvalue weighted by Gasteiger charge is -2.40. The van der Waals surface area contributed by atoms with Gasteiger partial charge in [0.1, 0.15) is 11.7 Å². The maximum atomic E-state index is 13.4. The van der Waals surface area contributed by atoms with Gasteiger partial charge in [0.15, 0.2) is 0 Å². The van der Waals surface area contributed by atoms with Gasteiger partial charge in [-0.3, -0.25) is 9.59 Å². The van der Waals surface area contributed by atoms with Gasteiger partial charge in [0.05, 0.1) is 5.56 Å². The second-order valence-electron chi connectivity index (χ2n) is 6.10. The maximum absolute atomic E-state index is 13.4. The van der Waals surface area contributed by atoms with Crippen molar-refractivity contribution in [2.45, 2.75) is 38.0 Å². The summed E-state index contributed by atoms with van der Waals surface area (Å²) < 4.78 is 41.7. The third-order valence-electron chi connectivity index (χ3n) is 4.26. The van der Waals surface area contributed by atoms with Gasteiger partial charge in [0.25, 0.3) is 5.91 Å². The topological polar surface area (TPSA) is 66.7 Å². The number of piperidine rings is 1. The van der Waals surface area contributed by atoms with Gasteiger partial charge in [-0.05, 0) is 25.0 Å². The Balaban J connectivity index is 1.89. The molecule has 2 amide bonds. The third kappa shape index (κ3) is 3.59. The quantitative estimate of drug-likeness (QED) is 0.897. The van der Waals surface area contributed by atoms with Crippen LogP contribution >= 0.6 is 0 Å². The lowest BCUT2D eigenvalue weighted by molar-refractivity contribution is -0.184. The van der Waals surface area contributed by atoms with Crippen LogP contribution in [0.25, 0.3) is 5.65 Å². The Morgan fingerprint density at radius 1 is 1.28 bits per heavy atom. The molecule has 1 fully saturated rings. The van der Waals surface area contributed by atoms with Gasteiger partial charge in [0.2, 0.25) is 5.91 Å². The van der Waals surface area contributed by atoms with Gasteiger partial charge in [-0.25, -0.2) is 4.98 Å². The summed E-state index contributed by atoms with van der Waals surface area (Å²) in [6.07, 6.45) is 0.0250. The lowest BCUT2D eigenvalue weighted by Crippen LogP contribution is -2.58. The molecule has 1 N–H and O–H groups in total. The summed E-state index contributed by atoms with van der Waals surface area (Å²) in [5.74, 6) is -1.05. The number of nitrogens with one attached hydrogen (secondary N) is 1. The van der Waals surface area contributed by atoms with Gasteiger partial charge < -0.3 is 14.6 Å². The molecule has 3 heterocycles. The minimum absolute atomic E-state index is 0.142. The Morgan fingerprint density at radius 2 is 2.04 bits per heavy atom. The molecule has 1 aliphatic rings. The molecular formula is C16H17F3N4O2. The molecule has 1 saturated heterocycles. The standard InChI is InChI=1S/C16H17F3N4O2/c1-10(24)21-12-3-4-13(16(17,18)19)23(9-12)15(25)11-2-5-14-20-6-7-22(14)8-11/h2,5-8,12-13H,3-4,9H2,1H3,(H,21,24). The fourth-order valence-corrected chi connectivity index (χ4v) is 3.15. The van der Waals surface area contributed by atoms with E-state index in [0.29, 0.717) is 5.65 Å². The van der Waals surface area contributed by atoms with E-state index in [9.17, 15) is 22.8 Å². The Hall–Kier alpha value is -2.58. The zero-order valence-corrected chi connectivity index (χ0v) is 13.5. The zero-order valence-electron chi connectivity index (χ0n) is 13.5. The van der Waals surface area contributed by atoms with E-state index in [-0.39, 0.29) is 30.9 Å². The first-order valence-electron chi connectivity index (χ1n) is 7.83. The van der Waals surface area contributed by atoms with Crippen molar-refractivity contribution in [2.24, 2.45) is 0 Å². The van der Waals surface area contributed by atoms with Crippen LogP contribution < -0.4 is 5.32 Å². The van der Waals surface area contributed by atoms with Crippen LogP contribution in [0.2, 0.25) is 0 Å². The van der Waals surface area contributed by atoms with E-state index in [0.717, 1.165) is 4.90 Å². The van der Waals surface area contributed by atoms with Crippen molar-refractivity contribution in [1.82, 2.24) is 19.6 Å². The van der Waals surface area contributed by atoms with Gasteiger partial charge in [-0.15, -0.1) is 0 Å². The summed E-state index contributed by atoms with van der Waals surface area (Å²) in [5.41, 5.74) is 0.738. The highest BCUT2D eigenvalue weighted by molar-refractivity contribution is 5.94. The molecule has 3 rings (SSSR count). The highest BCUT2D eigenvalue weighted by Crippen LogP contribution is 2.33. The predicted octanol–water partition coefficient (Wildman–Crippen LogP) is 2.01. The normalized spacial score (nSPS) is 21.4. The van der Waals surface area contributed by atoms with Crippen LogP contribution in [0, 0.1) is 0 Å². The zero-order chi connectivity index (χ0) is 18.2. The van der Waals surface area contributed by atoms with Gasteiger partial charge in [0, 0.05) is 38.1 Å². The van der Waals surface area contributed by atoms with E-state index in [1.807, 2.05) is 0 Å². The fourth-order valence-electron chi connectivity index (χ4n) is 3.15. The van der Waals surface area contributed by atoms with Crippen molar-refractivity contribution < 1.29 is 22.8 Å². The summed E-state index contributed by atoms with van der Waals surface area (Å²) in [7, 11) is 0. The number of imidazole rings is 1. The molecule has 2 aromatic rings. The second-order valence-corrected chi connectivity index (χ2v) is 6.10. The number of carbonyl (C=O) groups is 2. The summed E-state index contributed by atoms with van der Waals surface area (Å²) >= 11 is 0. The molecular weight excluding hydrogens is 337 g/mol. The van der Waals surface area contributed by atoms with Crippen LogP contribution in [0.3, 0.4) is 0 Å². The Kier molecular flexibility index (Phi) is 4.40. The molecule has 2 unspecified atom stereocenters. The molecule has 0 bridgehead atoms. The minimum atomic E-state index is -4.52. The monoisotopic (exact) mass is 354 g/mol. The number of halogens is 3. The SMILES string of the molecule is CC(=O)NC1CCC(C(F)(F)F)N(C(=O)c2ccc3nccn3c2)C1. The molecule has 0 spiro atoms. The molecule has 0 radical (unpaired) electrons. The summed E-state index contributed by atoms with van der Waals surface area (Å²) in [4.78, 5) is 28.8. The van der Waals surface area contributed by atoms with Gasteiger partial charge in [-0.2, -0.15) is 13.2 Å². The Bertz CT molecular complexity index is 802. The highest BCUT2D eigenvalue weighted by atomic mass is 19.4. The van der Waals surface area contributed by atoms with Crippen LogP contribution in [0.4, 0.5) is 13.2 Å². The number of fused-ring (bicyclic) bond motifs is 1. The second kappa shape index (κ2) is 6.38. The Labute approximate surface area is 141 Å². The molecule has 134 valence electrons. The number of likely N-dealkylation sites (tertiary alicyclic amines) is 1. The molecule has 0 aromatic carbocycles. The first kappa shape index (κ1) is 17.2. The number of aromatic nitrogens is 2. The molecule has 6 nitrogen and oxygen atoms in total. The smallest absolute Gasteiger partial charge is 0.352 e. The van der Waals surface area contributed by atoms with Crippen molar-refractivity contribution in [2.75, 3.05) is 6.54 Å². The van der Waals surface area contributed by atoms with Gasteiger partial charge in [-0.1, -0.05) is 0 Å². The van der Waals surface area contributed by atoms with Crippen LogP contribution in [0.1, 0.15) is 30.1 Å². The van der Waals surface area contributed by atoms with Crippen LogP contribution in [0.15, 0.2) is 30.7 Å². The Morgan fingerprint density at radius 3 is 2.72 bits per heavy atom. The van der Waals surface area contributed by atoms with E-state index in [4.69, 9.17) is 0 Å².